The first-order chi connectivity index (χ1) is 9.42. The second-order valence-electron chi connectivity index (χ2n) is 9.51. The van der Waals surface area contributed by atoms with Crippen LogP contribution in [-0.2, 0) is 9.36 Å². The topological polar surface area (TPSA) is 0 Å². The van der Waals surface area contributed by atoms with Gasteiger partial charge in [0.25, 0.3) is 0 Å². The van der Waals surface area contributed by atoms with Gasteiger partial charge in [0.2, 0.25) is 0 Å². The van der Waals surface area contributed by atoms with E-state index in [1.165, 1.54) is 30.0 Å². The first-order valence-electron chi connectivity index (χ1n) is 8.21. The van der Waals surface area contributed by atoms with E-state index in [0.717, 1.165) is 0 Å². The Morgan fingerprint density at radius 1 is 0.818 bits per heavy atom. The van der Waals surface area contributed by atoms with Crippen molar-refractivity contribution in [3.63, 3.8) is 0 Å². The number of rotatable bonds is 2. The van der Waals surface area contributed by atoms with Crippen LogP contribution in [-0.4, -0.2) is 7.63 Å². The van der Waals surface area contributed by atoms with Crippen molar-refractivity contribution in [2.24, 2.45) is 11.8 Å². The van der Waals surface area contributed by atoms with Crippen molar-refractivity contribution in [3.8, 4) is 0 Å². The molecule has 2 atom stereocenters. The minimum atomic E-state index is -5.07. The first-order valence-corrected chi connectivity index (χ1v) is 21.2. The molecular formula is C18H30Cl2SiTi. The Kier molecular flexibility index (Phi) is 3.41. The Labute approximate surface area is 141 Å². The van der Waals surface area contributed by atoms with E-state index < -0.39 is 9.36 Å². The van der Waals surface area contributed by atoms with E-state index in [4.69, 9.17) is 18.6 Å². The summed E-state index contributed by atoms with van der Waals surface area (Å²) in [5.74, 6) is 0.596. The van der Waals surface area contributed by atoms with Crippen molar-refractivity contribution >= 4 is 26.2 Å². The van der Waals surface area contributed by atoms with E-state index >= 15 is 0 Å². The Balaban J connectivity index is 3.01. The fourth-order valence-electron chi connectivity index (χ4n) is 5.71. The molecule has 22 heavy (non-hydrogen) atoms. The van der Waals surface area contributed by atoms with Gasteiger partial charge in [0.05, 0.1) is 0 Å². The van der Waals surface area contributed by atoms with Crippen LogP contribution < -0.4 is 0 Å². The zero-order valence-electron chi connectivity index (χ0n) is 15.3. The molecule has 0 saturated carbocycles. The molecule has 0 aliphatic heterocycles. The molecule has 0 heterocycles. The van der Waals surface area contributed by atoms with Gasteiger partial charge in [0.1, 0.15) is 0 Å². The van der Waals surface area contributed by atoms with Gasteiger partial charge < -0.3 is 0 Å². The first kappa shape index (κ1) is 18.8. The number of halogens is 2. The summed E-state index contributed by atoms with van der Waals surface area (Å²) in [6, 6.07) is 0. The number of allylic oxidation sites excluding steroid dienone is 8. The molecule has 124 valence electrons. The van der Waals surface area contributed by atoms with Crippen LogP contribution >= 0.6 is 18.6 Å². The maximum absolute atomic E-state index is 7.80. The minimum absolute atomic E-state index is 0.298. The Morgan fingerprint density at radius 3 is 1.27 bits per heavy atom. The van der Waals surface area contributed by atoms with E-state index in [1.54, 1.807) is 0 Å². The van der Waals surface area contributed by atoms with Crippen LogP contribution in [0.25, 0.3) is 0 Å². The molecule has 0 aromatic heterocycles. The SMILES string of the molecule is CC1=CC(C)[C]([Ti]([CH3])([CH3])(=[SiH2])([Cl])([Cl])[C]2=C(C)C(C)=CC2C)=C1C. The van der Waals surface area contributed by atoms with E-state index in [1.807, 2.05) is 7.63 Å². The van der Waals surface area contributed by atoms with Crippen LogP contribution in [0.5, 0.6) is 0 Å². The Bertz CT molecular complexity index is 766. The molecule has 4 heteroatoms. The molecule has 0 nitrogen and oxygen atoms in total. The third-order valence-corrected chi connectivity index (χ3v) is 21.8. The molecule has 0 saturated heterocycles. The molecule has 2 unspecified atom stereocenters. The maximum atomic E-state index is 7.80. The fourth-order valence-corrected chi connectivity index (χ4v) is 27.3. The molecule has 0 aromatic rings. The Hall–Kier alpha value is 0.471. The summed E-state index contributed by atoms with van der Waals surface area (Å²) in [6.45, 7) is 13.2. The second kappa shape index (κ2) is 3.99. The van der Waals surface area contributed by atoms with Gasteiger partial charge in [-0.15, -0.1) is 0 Å². The third kappa shape index (κ3) is 2.43. The molecule has 0 aromatic carbocycles. The Morgan fingerprint density at radius 2 is 1.09 bits per heavy atom. The summed E-state index contributed by atoms with van der Waals surface area (Å²) in [7, 11) is 12.4. The van der Waals surface area contributed by atoms with Crippen LogP contribution in [0, 0.1) is 11.8 Å². The summed E-state index contributed by atoms with van der Waals surface area (Å²) < 4.78 is 2.59. The molecular weight excluding hydrogens is 363 g/mol. The summed E-state index contributed by atoms with van der Waals surface area (Å²) in [5, 5.41) is 4.40. The average molecular weight is 393 g/mol. The molecule has 0 amide bonds. The van der Waals surface area contributed by atoms with Crippen molar-refractivity contribution < 1.29 is 9.36 Å². The van der Waals surface area contributed by atoms with Gasteiger partial charge in [-0.2, -0.15) is 0 Å². The van der Waals surface area contributed by atoms with Crippen LogP contribution in [0.3, 0.4) is 0 Å². The predicted molar refractivity (Wildman–Crippen MR) is 103 cm³/mol. The van der Waals surface area contributed by atoms with Gasteiger partial charge in [-0.1, -0.05) is 0 Å². The monoisotopic (exact) mass is 392 g/mol. The average Bonchev–Trinajstić information content (AvgIpc) is 2.64. The summed E-state index contributed by atoms with van der Waals surface area (Å²) in [5.41, 5.74) is 5.23. The quantitative estimate of drug-likeness (QED) is 0.474. The van der Waals surface area contributed by atoms with Crippen LogP contribution in [0.1, 0.15) is 41.5 Å². The van der Waals surface area contributed by atoms with Gasteiger partial charge in [0, 0.05) is 0 Å². The van der Waals surface area contributed by atoms with E-state index in [0.29, 0.717) is 11.8 Å². The fraction of sp³-hybridized carbons (Fsp3) is 0.556. The molecule has 0 bridgehead atoms. The summed E-state index contributed by atoms with van der Waals surface area (Å²) in [6.07, 6.45) is 4.63. The van der Waals surface area contributed by atoms with E-state index in [2.05, 4.69) is 64.2 Å². The third-order valence-electron chi connectivity index (χ3n) is 6.04. The molecule has 0 N–H and O–H groups in total. The zero-order valence-corrected chi connectivity index (χ0v) is 19.8. The molecule has 0 fully saturated rings. The van der Waals surface area contributed by atoms with Crippen LogP contribution in [0.15, 0.2) is 42.2 Å². The van der Waals surface area contributed by atoms with E-state index in [-0.39, 0.29) is 0 Å². The van der Waals surface area contributed by atoms with Crippen molar-refractivity contribution in [1.82, 2.24) is 0 Å². The van der Waals surface area contributed by atoms with Crippen LogP contribution in [0.4, 0.5) is 0 Å². The van der Waals surface area contributed by atoms with Crippen molar-refractivity contribution in [3.05, 3.63) is 42.2 Å². The van der Waals surface area contributed by atoms with E-state index in [9.17, 15) is 0 Å². The second-order valence-corrected chi connectivity index (χ2v) is 53.4. The summed E-state index contributed by atoms with van der Waals surface area (Å²) in [4.78, 5) is 0. The van der Waals surface area contributed by atoms with Gasteiger partial charge in [-0.3, -0.25) is 0 Å². The molecule has 0 radical (unpaired) electrons. The van der Waals surface area contributed by atoms with Crippen molar-refractivity contribution in [2.45, 2.75) is 52.0 Å². The normalized spacial score (nSPS) is 31.5. The van der Waals surface area contributed by atoms with Gasteiger partial charge in [-0.05, 0) is 0 Å². The molecule has 2 rings (SSSR count). The zero-order chi connectivity index (χ0) is 17.4. The molecule has 2 aliphatic carbocycles. The summed E-state index contributed by atoms with van der Waals surface area (Å²) >= 11 is 0. The number of hydrogen-bond donors (Lipinski definition) is 0. The molecule has 2 aliphatic rings. The van der Waals surface area contributed by atoms with Gasteiger partial charge >= 0.3 is 142 Å². The van der Waals surface area contributed by atoms with Crippen LogP contribution in [0.2, 0.25) is 10.5 Å². The number of hydrogen-bond acceptors (Lipinski definition) is 0. The van der Waals surface area contributed by atoms with Crippen molar-refractivity contribution in [1.29, 1.82) is 0 Å². The van der Waals surface area contributed by atoms with Gasteiger partial charge in [-0.25, -0.2) is 0 Å². The van der Waals surface area contributed by atoms with Gasteiger partial charge in [0.15, 0.2) is 0 Å². The predicted octanol–water partition coefficient (Wildman–Crippen LogP) is 6.44. The standard InChI is InChI=1S/2C8H11.2CH3.2ClH.H2Si.Ti/c2*1-6-4-7(2)8(3)5-6;;;;;;/h2*4,6H,1-3H3;2*1H3;2*1H;1H2;/q;;;;;;;+2/p-2. The molecule has 0 spiro atoms. The van der Waals surface area contributed by atoms with Crippen molar-refractivity contribution in [2.75, 3.05) is 0 Å².